The van der Waals surface area contributed by atoms with Crippen LogP contribution in [0.3, 0.4) is 0 Å². The highest BCUT2D eigenvalue weighted by molar-refractivity contribution is 7.10. The van der Waals surface area contributed by atoms with Gasteiger partial charge in [-0.3, -0.25) is 9.59 Å². The van der Waals surface area contributed by atoms with Crippen LogP contribution in [0.25, 0.3) is 0 Å². The molecule has 27 heavy (non-hydrogen) atoms. The minimum atomic E-state index is -0.480. The van der Waals surface area contributed by atoms with E-state index in [1.807, 2.05) is 29.6 Å². The molecule has 1 saturated carbocycles. The van der Waals surface area contributed by atoms with Crippen molar-refractivity contribution in [2.75, 3.05) is 10.6 Å². The van der Waals surface area contributed by atoms with Gasteiger partial charge >= 0.3 is 0 Å². The number of thiophene rings is 1. The summed E-state index contributed by atoms with van der Waals surface area (Å²) in [7, 11) is 0. The summed E-state index contributed by atoms with van der Waals surface area (Å²) in [6.45, 7) is 0. The van der Waals surface area contributed by atoms with Crippen LogP contribution in [-0.4, -0.2) is 11.8 Å². The fourth-order valence-electron chi connectivity index (χ4n) is 3.65. The third-order valence-corrected chi connectivity index (χ3v) is 6.13. The summed E-state index contributed by atoms with van der Waals surface area (Å²) < 4.78 is 5.14. The van der Waals surface area contributed by atoms with Gasteiger partial charge in [0.05, 0.1) is 23.1 Å². The van der Waals surface area contributed by atoms with Crippen molar-refractivity contribution in [2.24, 2.45) is 0 Å². The van der Waals surface area contributed by atoms with Crippen LogP contribution >= 0.6 is 11.3 Å². The van der Waals surface area contributed by atoms with Crippen LogP contribution in [0.5, 0.6) is 0 Å². The maximum absolute atomic E-state index is 13.3. The lowest BCUT2D eigenvalue weighted by Crippen LogP contribution is -2.37. The topological polar surface area (TPSA) is 71.3 Å². The van der Waals surface area contributed by atoms with Gasteiger partial charge in [0.25, 0.3) is 5.91 Å². The summed E-state index contributed by atoms with van der Waals surface area (Å²) in [6, 6.07) is 14.5. The summed E-state index contributed by atoms with van der Waals surface area (Å²) in [5.41, 5.74) is 0.656. The first-order valence-electron chi connectivity index (χ1n) is 8.98. The molecule has 138 valence electrons. The van der Waals surface area contributed by atoms with Gasteiger partial charge in [0, 0.05) is 4.88 Å². The number of hydrogen-bond donors (Lipinski definition) is 2. The Hall–Kier alpha value is -2.86. The molecule has 2 amide bonds. The zero-order valence-electron chi connectivity index (χ0n) is 14.7. The molecule has 0 saturated heterocycles. The zero-order chi connectivity index (χ0) is 18.7. The smallest absolute Gasteiger partial charge is 0.291 e. The number of amides is 2. The molecule has 1 fully saturated rings. The van der Waals surface area contributed by atoms with Gasteiger partial charge in [-0.2, -0.15) is 0 Å². The second-order valence-electron chi connectivity index (χ2n) is 6.70. The number of carbonyl (C=O) groups is 2. The summed E-state index contributed by atoms with van der Waals surface area (Å²) >= 11 is 1.63. The number of furan rings is 1. The minimum Gasteiger partial charge on any atom is -0.459 e. The molecule has 2 N–H and O–H groups in total. The molecule has 0 unspecified atom stereocenters. The van der Waals surface area contributed by atoms with Crippen molar-refractivity contribution >= 4 is 34.5 Å². The molecule has 2 aromatic heterocycles. The first-order chi connectivity index (χ1) is 13.2. The molecule has 0 bridgehead atoms. The van der Waals surface area contributed by atoms with Crippen LogP contribution in [0.4, 0.5) is 11.4 Å². The lowest BCUT2D eigenvalue weighted by Gasteiger charge is -2.27. The number of nitrogens with one attached hydrogen (secondary N) is 2. The maximum Gasteiger partial charge on any atom is 0.291 e. The summed E-state index contributed by atoms with van der Waals surface area (Å²) in [5.74, 6) is -0.139. The molecule has 1 aromatic carbocycles. The van der Waals surface area contributed by atoms with Crippen LogP contribution < -0.4 is 10.6 Å². The standard InChI is InChI=1S/C21H20N2O3S/c24-19(17-9-5-13-26-17)22-15-7-1-2-8-16(15)23-20(25)21(11-3-4-12-21)18-10-6-14-27-18/h1-2,5-10,13-14H,3-4,11-12H2,(H,22,24)(H,23,25). The SMILES string of the molecule is O=C(Nc1ccccc1NC(=O)C1(c2cccs2)CCCC1)c1ccco1. The molecule has 1 aliphatic rings. The van der Waals surface area contributed by atoms with E-state index in [0.29, 0.717) is 11.4 Å². The Morgan fingerprint density at radius 3 is 2.30 bits per heavy atom. The molecule has 0 radical (unpaired) electrons. The normalized spacial score (nSPS) is 15.4. The van der Waals surface area contributed by atoms with Gasteiger partial charge in [-0.1, -0.05) is 31.0 Å². The highest BCUT2D eigenvalue weighted by Crippen LogP contribution is 2.44. The van der Waals surface area contributed by atoms with Crippen LogP contribution in [-0.2, 0) is 10.2 Å². The van der Waals surface area contributed by atoms with Gasteiger partial charge in [0.2, 0.25) is 5.91 Å². The molecule has 2 heterocycles. The molecule has 3 aromatic rings. The lowest BCUT2D eigenvalue weighted by molar-refractivity contribution is -0.121. The van der Waals surface area contributed by atoms with Crippen LogP contribution in [0, 0.1) is 0 Å². The van der Waals surface area contributed by atoms with Crippen LogP contribution in [0.1, 0.15) is 41.1 Å². The summed E-state index contributed by atoms with van der Waals surface area (Å²) in [4.78, 5) is 26.7. The predicted molar refractivity (Wildman–Crippen MR) is 106 cm³/mol. The van der Waals surface area contributed by atoms with Crippen molar-refractivity contribution in [3.05, 3.63) is 70.8 Å². The fourth-order valence-corrected chi connectivity index (χ4v) is 4.63. The molecule has 0 aliphatic heterocycles. The van der Waals surface area contributed by atoms with Gasteiger partial charge < -0.3 is 15.1 Å². The van der Waals surface area contributed by atoms with Crippen molar-refractivity contribution < 1.29 is 14.0 Å². The molecule has 0 atom stereocenters. The third-order valence-electron chi connectivity index (χ3n) is 5.05. The number of benzene rings is 1. The molecular formula is C21H20N2O3S. The number of anilines is 2. The average Bonchev–Trinajstić information content (AvgIpc) is 3.44. The lowest BCUT2D eigenvalue weighted by atomic mass is 9.83. The molecule has 6 heteroatoms. The molecule has 5 nitrogen and oxygen atoms in total. The largest absolute Gasteiger partial charge is 0.459 e. The van der Waals surface area contributed by atoms with Gasteiger partial charge in [-0.15, -0.1) is 11.3 Å². The Morgan fingerprint density at radius 2 is 1.67 bits per heavy atom. The van der Waals surface area contributed by atoms with Crippen molar-refractivity contribution in [2.45, 2.75) is 31.1 Å². The molecular weight excluding hydrogens is 360 g/mol. The Balaban J connectivity index is 1.57. The van der Waals surface area contributed by atoms with Gasteiger partial charge in [-0.05, 0) is 48.6 Å². The quantitative estimate of drug-likeness (QED) is 0.651. The number of hydrogen-bond acceptors (Lipinski definition) is 4. The average molecular weight is 380 g/mol. The molecule has 0 spiro atoms. The molecule has 1 aliphatic carbocycles. The maximum atomic E-state index is 13.3. The minimum absolute atomic E-state index is 0.0119. The van der Waals surface area contributed by atoms with Gasteiger partial charge in [0.15, 0.2) is 5.76 Å². The van der Waals surface area contributed by atoms with Crippen LogP contribution in [0.15, 0.2) is 64.6 Å². The number of carbonyl (C=O) groups excluding carboxylic acids is 2. The predicted octanol–water partition coefficient (Wildman–Crippen LogP) is 5.04. The Kier molecular flexibility index (Phi) is 4.81. The van der Waals surface area contributed by atoms with E-state index in [0.717, 1.165) is 30.6 Å². The van der Waals surface area contributed by atoms with E-state index in [9.17, 15) is 9.59 Å². The Labute approximate surface area is 161 Å². The fraction of sp³-hybridized carbons (Fsp3) is 0.238. The van der Waals surface area contributed by atoms with E-state index in [-0.39, 0.29) is 17.6 Å². The van der Waals surface area contributed by atoms with E-state index in [2.05, 4.69) is 10.6 Å². The van der Waals surface area contributed by atoms with Crippen LogP contribution in [0.2, 0.25) is 0 Å². The van der Waals surface area contributed by atoms with E-state index >= 15 is 0 Å². The Morgan fingerprint density at radius 1 is 0.926 bits per heavy atom. The van der Waals surface area contributed by atoms with E-state index in [4.69, 9.17) is 4.42 Å². The number of rotatable bonds is 5. The van der Waals surface area contributed by atoms with Gasteiger partial charge in [-0.25, -0.2) is 0 Å². The molecule has 4 rings (SSSR count). The first kappa shape index (κ1) is 17.5. The van der Waals surface area contributed by atoms with E-state index < -0.39 is 5.41 Å². The zero-order valence-corrected chi connectivity index (χ0v) is 15.6. The second kappa shape index (κ2) is 7.40. The third kappa shape index (κ3) is 3.40. The van der Waals surface area contributed by atoms with Gasteiger partial charge in [0.1, 0.15) is 0 Å². The van der Waals surface area contributed by atoms with Crippen molar-refractivity contribution in [1.29, 1.82) is 0 Å². The second-order valence-corrected chi connectivity index (χ2v) is 7.65. The van der Waals surface area contributed by atoms with Crippen molar-refractivity contribution in [3.8, 4) is 0 Å². The highest BCUT2D eigenvalue weighted by Gasteiger charge is 2.43. The van der Waals surface area contributed by atoms with Crippen molar-refractivity contribution in [1.82, 2.24) is 0 Å². The van der Waals surface area contributed by atoms with E-state index in [1.54, 1.807) is 35.6 Å². The highest BCUT2D eigenvalue weighted by atomic mass is 32.1. The first-order valence-corrected chi connectivity index (χ1v) is 9.86. The summed E-state index contributed by atoms with van der Waals surface area (Å²) in [5, 5.41) is 7.88. The number of para-hydroxylation sites is 2. The van der Waals surface area contributed by atoms with Crippen molar-refractivity contribution in [3.63, 3.8) is 0 Å². The van der Waals surface area contributed by atoms with E-state index in [1.165, 1.54) is 6.26 Å². The summed E-state index contributed by atoms with van der Waals surface area (Å²) in [6.07, 6.45) is 5.23. The monoisotopic (exact) mass is 380 g/mol. The Bertz CT molecular complexity index is 926.